The van der Waals surface area contributed by atoms with E-state index in [2.05, 4.69) is 25.8 Å². The molecule has 6 fully saturated rings. The fourth-order valence-corrected chi connectivity index (χ4v) is 11.9. The van der Waals surface area contributed by atoms with Gasteiger partial charge in [-0.05, 0) is 119 Å². The van der Waals surface area contributed by atoms with Gasteiger partial charge in [0.1, 0.15) is 12.1 Å². The van der Waals surface area contributed by atoms with Crippen molar-refractivity contribution in [2.45, 2.75) is 142 Å². The third-order valence-electron chi connectivity index (χ3n) is 14.0. The SMILES string of the molecule is CC(=O)O[C@H]1C[C@@H]2CCC3C4C[C@H]([N+]5(C)CCCCCC5)[C@@H](OC(C)=O)[C@@]4(C)CCC3[C@@]2(C)C[C@@H]1N1CCCCC1. The molecule has 0 aromatic heterocycles. The monoisotopic (exact) mass is 571 g/mol. The van der Waals surface area contributed by atoms with Crippen molar-refractivity contribution in [3.05, 3.63) is 0 Å². The van der Waals surface area contributed by atoms with Crippen LogP contribution in [0, 0.1) is 34.5 Å². The lowest BCUT2D eigenvalue weighted by atomic mass is 9.44. The average Bonchev–Trinajstić information content (AvgIpc) is 3.06. The van der Waals surface area contributed by atoms with Gasteiger partial charge in [0.2, 0.25) is 0 Å². The first-order valence-electron chi connectivity index (χ1n) is 17.5. The smallest absolute Gasteiger partial charge is 0.303 e. The number of rotatable bonds is 4. The minimum Gasteiger partial charge on any atom is -0.461 e. The second-order valence-corrected chi connectivity index (χ2v) is 16.1. The molecule has 0 aromatic rings. The Hall–Kier alpha value is -1.14. The van der Waals surface area contributed by atoms with Gasteiger partial charge in [0.05, 0.1) is 20.1 Å². The second kappa shape index (κ2) is 11.4. The largest absolute Gasteiger partial charge is 0.461 e. The van der Waals surface area contributed by atoms with E-state index < -0.39 is 0 Å². The molecule has 2 saturated heterocycles. The molecule has 0 N–H and O–H groups in total. The van der Waals surface area contributed by atoms with Crippen molar-refractivity contribution < 1.29 is 23.5 Å². The second-order valence-electron chi connectivity index (χ2n) is 16.1. The van der Waals surface area contributed by atoms with E-state index >= 15 is 0 Å². The summed E-state index contributed by atoms with van der Waals surface area (Å²) in [6.07, 6.45) is 17.6. The van der Waals surface area contributed by atoms with Crippen molar-refractivity contribution in [2.24, 2.45) is 34.5 Å². The summed E-state index contributed by atoms with van der Waals surface area (Å²) in [5.41, 5.74) is 0.370. The fraction of sp³-hybridized carbons (Fsp3) is 0.943. The molecule has 4 saturated carbocycles. The summed E-state index contributed by atoms with van der Waals surface area (Å²) in [6.45, 7) is 13.1. The first-order valence-corrected chi connectivity index (χ1v) is 17.5. The van der Waals surface area contributed by atoms with Crippen molar-refractivity contribution in [3.8, 4) is 0 Å². The van der Waals surface area contributed by atoms with E-state index in [1.165, 1.54) is 96.6 Å². The number of esters is 2. The maximum absolute atomic E-state index is 12.6. The van der Waals surface area contributed by atoms with Crippen LogP contribution < -0.4 is 0 Å². The van der Waals surface area contributed by atoms with Crippen LogP contribution in [0.15, 0.2) is 0 Å². The van der Waals surface area contributed by atoms with E-state index in [9.17, 15) is 9.59 Å². The molecule has 6 rings (SSSR count). The average molecular weight is 572 g/mol. The van der Waals surface area contributed by atoms with Gasteiger partial charge in [0.15, 0.2) is 6.10 Å². The van der Waals surface area contributed by atoms with Crippen LogP contribution >= 0.6 is 0 Å². The maximum atomic E-state index is 12.6. The minimum atomic E-state index is -0.110. The molecule has 0 amide bonds. The van der Waals surface area contributed by atoms with Crippen molar-refractivity contribution >= 4 is 11.9 Å². The van der Waals surface area contributed by atoms with Crippen molar-refractivity contribution in [2.75, 3.05) is 33.2 Å². The van der Waals surface area contributed by atoms with Gasteiger partial charge in [0.25, 0.3) is 0 Å². The Labute approximate surface area is 249 Å². The number of likely N-dealkylation sites (tertiary alicyclic amines) is 2. The highest BCUT2D eigenvalue weighted by molar-refractivity contribution is 5.66. The number of piperidine rings is 1. The molecule has 2 aliphatic heterocycles. The van der Waals surface area contributed by atoms with Crippen molar-refractivity contribution in [1.29, 1.82) is 0 Å². The zero-order chi connectivity index (χ0) is 29.0. The number of ether oxygens (including phenoxy) is 2. The lowest BCUT2D eigenvalue weighted by molar-refractivity contribution is -0.935. The van der Waals surface area contributed by atoms with Gasteiger partial charge in [-0.2, -0.15) is 0 Å². The first-order chi connectivity index (χ1) is 19.5. The number of carbonyl (C=O) groups is 2. The van der Waals surface area contributed by atoms with E-state index in [4.69, 9.17) is 9.47 Å². The minimum absolute atomic E-state index is 0.0420. The molecule has 6 heteroatoms. The zero-order valence-corrected chi connectivity index (χ0v) is 26.9. The van der Waals surface area contributed by atoms with Crippen LogP contribution in [0.4, 0.5) is 0 Å². The Kier molecular flexibility index (Phi) is 8.33. The molecule has 0 spiro atoms. The molecule has 3 unspecified atom stereocenters. The molecule has 0 bridgehead atoms. The van der Waals surface area contributed by atoms with Gasteiger partial charge in [0, 0.05) is 31.7 Å². The van der Waals surface area contributed by atoms with Crippen LogP contribution in [0.2, 0.25) is 0 Å². The fourth-order valence-electron chi connectivity index (χ4n) is 11.9. The Morgan fingerprint density at radius 3 is 2.10 bits per heavy atom. The number of nitrogens with zero attached hydrogens (tertiary/aromatic N) is 2. The summed E-state index contributed by atoms with van der Waals surface area (Å²) in [5.74, 6) is 2.50. The molecular weight excluding hydrogens is 512 g/mol. The molecule has 0 radical (unpaired) electrons. The third kappa shape index (κ3) is 5.29. The molecule has 6 aliphatic rings. The van der Waals surface area contributed by atoms with Crippen molar-refractivity contribution in [1.82, 2.24) is 4.90 Å². The highest BCUT2D eigenvalue weighted by Gasteiger charge is 2.67. The van der Waals surface area contributed by atoms with Gasteiger partial charge in [-0.1, -0.05) is 20.3 Å². The number of likely N-dealkylation sites (N-methyl/N-ethyl adjacent to an activating group) is 1. The van der Waals surface area contributed by atoms with Crippen molar-refractivity contribution in [3.63, 3.8) is 0 Å². The number of quaternary nitrogens is 1. The molecule has 2 heterocycles. The highest BCUT2D eigenvalue weighted by atomic mass is 16.5. The van der Waals surface area contributed by atoms with Crippen LogP contribution in [0.25, 0.3) is 0 Å². The molecule has 0 aromatic carbocycles. The molecule has 41 heavy (non-hydrogen) atoms. The third-order valence-corrected chi connectivity index (χ3v) is 14.0. The molecule has 232 valence electrons. The summed E-state index contributed by atoms with van der Waals surface area (Å²) in [7, 11) is 2.49. The van der Waals surface area contributed by atoms with E-state index in [0.717, 1.165) is 29.9 Å². The summed E-state index contributed by atoms with van der Waals surface area (Å²) in [5, 5.41) is 0. The Morgan fingerprint density at radius 1 is 0.780 bits per heavy atom. The number of hydrogen-bond donors (Lipinski definition) is 0. The predicted molar refractivity (Wildman–Crippen MR) is 161 cm³/mol. The van der Waals surface area contributed by atoms with Gasteiger partial charge >= 0.3 is 11.9 Å². The number of carbonyl (C=O) groups excluding carboxylic acids is 2. The normalized spacial score (nSPS) is 46.4. The summed E-state index contributed by atoms with van der Waals surface area (Å²) < 4.78 is 13.6. The van der Waals surface area contributed by atoms with Gasteiger partial charge in [-0.15, -0.1) is 0 Å². The van der Waals surface area contributed by atoms with Crippen LogP contribution in [0.3, 0.4) is 0 Å². The van der Waals surface area contributed by atoms with Crippen LogP contribution in [-0.4, -0.2) is 78.8 Å². The number of fused-ring (bicyclic) bond motifs is 5. The maximum Gasteiger partial charge on any atom is 0.303 e. The standard InChI is InChI=1S/C35H59N2O4/c1-24(38)40-32-21-26-13-14-27-28(35(26,4)23-30(32)36-17-9-8-10-18-36)15-16-34(3)29(27)22-31(33(34)41-25(2)39)37(5)19-11-6-7-12-20-37/h26-33H,6-23H2,1-5H3/q+1/t26-,27?,28?,29?,30-,31-,32-,33+,34-,35-/m0/s1. The van der Waals surface area contributed by atoms with E-state index in [-0.39, 0.29) is 29.6 Å². The number of hydrogen-bond acceptors (Lipinski definition) is 5. The lowest BCUT2D eigenvalue weighted by Gasteiger charge is -2.62. The lowest BCUT2D eigenvalue weighted by Crippen LogP contribution is -2.61. The van der Waals surface area contributed by atoms with Gasteiger partial charge < -0.3 is 14.0 Å². The Bertz CT molecular complexity index is 971. The van der Waals surface area contributed by atoms with E-state index in [0.29, 0.717) is 35.3 Å². The molecular formula is C35H59N2O4+. The van der Waals surface area contributed by atoms with E-state index in [1.807, 2.05) is 0 Å². The summed E-state index contributed by atoms with van der Waals surface area (Å²) >= 11 is 0. The van der Waals surface area contributed by atoms with Crippen LogP contribution in [-0.2, 0) is 19.1 Å². The Morgan fingerprint density at radius 2 is 1.44 bits per heavy atom. The summed E-state index contributed by atoms with van der Waals surface area (Å²) in [4.78, 5) is 27.5. The molecule has 10 atom stereocenters. The predicted octanol–water partition coefficient (Wildman–Crippen LogP) is 6.36. The van der Waals surface area contributed by atoms with Crippen LogP contribution in [0.5, 0.6) is 0 Å². The quantitative estimate of drug-likeness (QED) is 0.291. The first kappa shape index (κ1) is 29.9. The zero-order valence-electron chi connectivity index (χ0n) is 26.9. The Balaban J connectivity index is 1.29. The van der Waals surface area contributed by atoms with Gasteiger partial charge in [-0.25, -0.2) is 0 Å². The topological polar surface area (TPSA) is 55.8 Å². The highest BCUT2D eigenvalue weighted by Crippen LogP contribution is 2.67. The van der Waals surface area contributed by atoms with Gasteiger partial charge in [-0.3, -0.25) is 14.5 Å². The van der Waals surface area contributed by atoms with E-state index in [1.54, 1.807) is 13.8 Å². The van der Waals surface area contributed by atoms with Crippen LogP contribution in [0.1, 0.15) is 118 Å². The molecule has 6 nitrogen and oxygen atoms in total. The summed E-state index contributed by atoms with van der Waals surface area (Å²) in [6, 6.07) is 0.788. The molecule has 4 aliphatic carbocycles.